The molecule has 0 aromatic heterocycles. The van der Waals surface area contributed by atoms with Crippen molar-refractivity contribution in [2.24, 2.45) is 0 Å². The highest BCUT2D eigenvalue weighted by Crippen LogP contribution is 2.11. The smallest absolute Gasteiger partial charge is 0.254 e. The maximum absolute atomic E-state index is 12.5. The molecule has 0 saturated carbocycles. The van der Waals surface area contributed by atoms with Crippen LogP contribution in [0.5, 0.6) is 0 Å². The summed E-state index contributed by atoms with van der Waals surface area (Å²) in [6, 6.07) is 14.8. The summed E-state index contributed by atoms with van der Waals surface area (Å²) >= 11 is 0. The topological polar surface area (TPSA) is 58.6 Å². The molecule has 2 aromatic rings. The molecule has 0 spiro atoms. The van der Waals surface area contributed by atoms with E-state index in [0.29, 0.717) is 12.2 Å². The van der Waals surface area contributed by atoms with Crippen LogP contribution in [0.4, 0.5) is 5.69 Å². The number of nitrogens with zero attached hydrogens (tertiary/aromatic N) is 1. The first kappa shape index (κ1) is 19.7. The molecule has 0 bridgehead atoms. The van der Waals surface area contributed by atoms with Crippen LogP contribution in [-0.4, -0.2) is 36.4 Å². The highest BCUT2D eigenvalue weighted by molar-refractivity contribution is 5.99. The number of amides is 2. The summed E-state index contributed by atoms with van der Waals surface area (Å²) < 4.78 is 5.54. The molecule has 0 fully saturated rings. The van der Waals surface area contributed by atoms with E-state index < -0.39 is 0 Å². The lowest BCUT2D eigenvalue weighted by Crippen LogP contribution is -2.34. The summed E-state index contributed by atoms with van der Waals surface area (Å²) in [7, 11) is 1.62. The van der Waals surface area contributed by atoms with Gasteiger partial charge in [0.1, 0.15) is 0 Å². The monoisotopic (exact) mass is 354 g/mol. The summed E-state index contributed by atoms with van der Waals surface area (Å²) in [6.07, 6.45) is 0.162. The van der Waals surface area contributed by atoms with Crippen LogP contribution in [0, 0.1) is 6.92 Å². The van der Waals surface area contributed by atoms with Crippen molar-refractivity contribution in [1.82, 2.24) is 4.90 Å². The fourth-order valence-electron chi connectivity index (χ4n) is 2.35. The van der Waals surface area contributed by atoms with Crippen LogP contribution in [-0.2, 0) is 16.1 Å². The predicted octanol–water partition coefficient (Wildman–Crippen LogP) is 3.63. The molecular formula is C21H26N2O3. The van der Waals surface area contributed by atoms with E-state index in [9.17, 15) is 9.59 Å². The minimum atomic E-state index is -0.230. The molecule has 26 heavy (non-hydrogen) atoms. The molecule has 0 radical (unpaired) electrons. The first-order chi connectivity index (χ1) is 12.3. The molecule has 0 aliphatic carbocycles. The average Bonchev–Trinajstić information content (AvgIpc) is 2.61. The van der Waals surface area contributed by atoms with Crippen LogP contribution in [0.3, 0.4) is 0 Å². The van der Waals surface area contributed by atoms with Crippen LogP contribution < -0.4 is 5.32 Å². The second-order valence-electron chi connectivity index (χ2n) is 6.63. The Bertz CT molecular complexity index is 737. The summed E-state index contributed by atoms with van der Waals surface area (Å²) in [5, 5.41) is 2.79. The molecule has 2 amide bonds. The number of aryl methyl sites for hydroxylation is 1. The number of rotatable bonds is 7. The summed E-state index contributed by atoms with van der Waals surface area (Å²) in [5.41, 5.74) is 3.40. The normalized spacial score (nSPS) is 10.7. The number of hydrogen-bond acceptors (Lipinski definition) is 3. The van der Waals surface area contributed by atoms with Crippen molar-refractivity contribution in [1.29, 1.82) is 0 Å². The van der Waals surface area contributed by atoms with E-state index in [1.807, 2.05) is 57.2 Å². The predicted molar refractivity (Wildman–Crippen MR) is 103 cm³/mol. The van der Waals surface area contributed by atoms with Crippen molar-refractivity contribution in [2.45, 2.75) is 33.5 Å². The molecule has 0 aliphatic heterocycles. The molecule has 1 N–H and O–H groups in total. The third kappa shape index (κ3) is 6.01. The molecule has 0 atom stereocenters. The minimum absolute atomic E-state index is 0.00901. The zero-order valence-corrected chi connectivity index (χ0v) is 15.8. The molecule has 0 aliphatic rings. The van der Waals surface area contributed by atoms with Crippen LogP contribution in [0.25, 0.3) is 0 Å². The van der Waals surface area contributed by atoms with Crippen LogP contribution >= 0.6 is 0 Å². The third-order valence-corrected chi connectivity index (χ3v) is 3.85. The van der Waals surface area contributed by atoms with Crippen molar-refractivity contribution < 1.29 is 14.3 Å². The van der Waals surface area contributed by atoms with Gasteiger partial charge in [0.15, 0.2) is 0 Å². The maximum atomic E-state index is 12.5. The lowest BCUT2D eigenvalue weighted by atomic mass is 10.1. The van der Waals surface area contributed by atoms with E-state index in [-0.39, 0.29) is 24.5 Å². The first-order valence-corrected chi connectivity index (χ1v) is 8.67. The first-order valence-electron chi connectivity index (χ1n) is 8.67. The average molecular weight is 354 g/mol. The summed E-state index contributed by atoms with van der Waals surface area (Å²) in [4.78, 5) is 26.0. The van der Waals surface area contributed by atoms with Gasteiger partial charge < -0.3 is 15.0 Å². The van der Waals surface area contributed by atoms with Crippen molar-refractivity contribution >= 4 is 17.5 Å². The lowest BCUT2D eigenvalue weighted by Gasteiger charge is -2.17. The minimum Gasteiger partial charge on any atom is -0.374 e. The quantitative estimate of drug-likeness (QED) is 0.826. The number of carbonyl (C=O) groups is 2. The van der Waals surface area contributed by atoms with E-state index in [0.717, 1.165) is 16.8 Å². The molecule has 0 heterocycles. The number of benzene rings is 2. The second kappa shape index (κ2) is 9.15. The Morgan fingerprint density at radius 2 is 1.65 bits per heavy atom. The van der Waals surface area contributed by atoms with Gasteiger partial charge in [-0.3, -0.25) is 9.59 Å². The Hall–Kier alpha value is -2.66. The number of likely N-dealkylation sites (N-methyl/N-ethyl adjacent to an activating group) is 1. The Labute approximate surface area is 155 Å². The SMILES string of the molecule is Cc1ccc(NC(=O)CN(C)C(=O)c2ccc(COC(C)C)cc2)cc1. The van der Waals surface area contributed by atoms with Crippen LogP contribution in [0.1, 0.15) is 35.3 Å². The molecule has 2 rings (SSSR count). The Balaban J connectivity index is 1.89. The molecule has 5 nitrogen and oxygen atoms in total. The van der Waals surface area contributed by atoms with E-state index in [1.165, 1.54) is 4.90 Å². The van der Waals surface area contributed by atoms with Gasteiger partial charge in [-0.2, -0.15) is 0 Å². The van der Waals surface area contributed by atoms with Crippen molar-refractivity contribution in [2.75, 3.05) is 18.9 Å². The Morgan fingerprint density at radius 1 is 1.04 bits per heavy atom. The lowest BCUT2D eigenvalue weighted by molar-refractivity contribution is -0.116. The summed E-state index contributed by atoms with van der Waals surface area (Å²) in [5.74, 6) is -0.424. The van der Waals surface area contributed by atoms with Gasteiger partial charge in [-0.15, -0.1) is 0 Å². The molecule has 2 aromatic carbocycles. The number of hydrogen-bond donors (Lipinski definition) is 1. The number of ether oxygens (including phenoxy) is 1. The van der Waals surface area contributed by atoms with Gasteiger partial charge in [0, 0.05) is 18.3 Å². The van der Waals surface area contributed by atoms with Gasteiger partial charge in [0.05, 0.1) is 19.3 Å². The van der Waals surface area contributed by atoms with Crippen LogP contribution in [0.15, 0.2) is 48.5 Å². The largest absolute Gasteiger partial charge is 0.374 e. The van der Waals surface area contributed by atoms with Gasteiger partial charge in [0.25, 0.3) is 5.91 Å². The molecule has 0 saturated heterocycles. The molecule has 0 unspecified atom stereocenters. The van der Waals surface area contributed by atoms with E-state index in [4.69, 9.17) is 4.74 Å². The molecule has 5 heteroatoms. The Kier molecular flexibility index (Phi) is 6.92. The molecule has 138 valence electrons. The van der Waals surface area contributed by atoms with Gasteiger partial charge in [-0.05, 0) is 50.6 Å². The van der Waals surface area contributed by atoms with Crippen molar-refractivity contribution in [3.8, 4) is 0 Å². The Morgan fingerprint density at radius 3 is 2.23 bits per heavy atom. The number of anilines is 1. The fourth-order valence-corrected chi connectivity index (χ4v) is 2.35. The van der Waals surface area contributed by atoms with E-state index in [1.54, 1.807) is 19.2 Å². The maximum Gasteiger partial charge on any atom is 0.254 e. The summed E-state index contributed by atoms with van der Waals surface area (Å²) in [6.45, 7) is 6.45. The standard InChI is InChI=1S/C21H26N2O3/c1-15(2)26-14-17-7-9-18(10-8-17)21(25)23(4)13-20(24)22-19-11-5-16(3)6-12-19/h5-12,15H,13-14H2,1-4H3,(H,22,24). The second-order valence-corrected chi connectivity index (χ2v) is 6.63. The fraction of sp³-hybridized carbons (Fsp3) is 0.333. The molecular weight excluding hydrogens is 328 g/mol. The number of nitrogens with one attached hydrogen (secondary N) is 1. The van der Waals surface area contributed by atoms with Gasteiger partial charge in [-0.25, -0.2) is 0 Å². The van der Waals surface area contributed by atoms with E-state index in [2.05, 4.69) is 5.32 Å². The zero-order valence-electron chi connectivity index (χ0n) is 15.8. The van der Waals surface area contributed by atoms with Crippen LogP contribution in [0.2, 0.25) is 0 Å². The zero-order chi connectivity index (χ0) is 19.1. The van der Waals surface area contributed by atoms with Gasteiger partial charge in [-0.1, -0.05) is 29.8 Å². The van der Waals surface area contributed by atoms with E-state index >= 15 is 0 Å². The number of carbonyl (C=O) groups excluding carboxylic acids is 2. The van der Waals surface area contributed by atoms with Crippen molar-refractivity contribution in [3.05, 3.63) is 65.2 Å². The van der Waals surface area contributed by atoms with Gasteiger partial charge >= 0.3 is 0 Å². The van der Waals surface area contributed by atoms with Crippen molar-refractivity contribution in [3.63, 3.8) is 0 Å². The van der Waals surface area contributed by atoms with Gasteiger partial charge in [0.2, 0.25) is 5.91 Å². The highest BCUT2D eigenvalue weighted by atomic mass is 16.5. The highest BCUT2D eigenvalue weighted by Gasteiger charge is 2.15. The third-order valence-electron chi connectivity index (χ3n) is 3.85.